The Balaban J connectivity index is 1.97. The summed E-state index contributed by atoms with van der Waals surface area (Å²) in [6.07, 6.45) is 2.65. The van der Waals surface area contributed by atoms with E-state index < -0.39 is 0 Å². The zero-order valence-electron chi connectivity index (χ0n) is 11.5. The fourth-order valence-electron chi connectivity index (χ4n) is 1.87. The molecule has 1 heterocycles. The van der Waals surface area contributed by atoms with Crippen LogP contribution in [-0.4, -0.2) is 21.4 Å². The highest BCUT2D eigenvalue weighted by Gasteiger charge is 2.03. The van der Waals surface area contributed by atoms with Gasteiger partial charge in [-0.05, 0) is 25.5 Å². The zero-order valence-corrected chi connectivity index (χ0v) is 11.5. The van der Waals surface area contributed by atoms with Crippen LogP contribution in [0.25, 0.3) is 0 Å². The summed E-state index contributed by atoms with van der Waals surface area (Å²) >= 11 is 0. The van der Waals surface area contributed by atoms with Gasteiger partial charge in [-0.25, -0.2) is 9.67 Å². The highest BCUT2D eigenvalue weighted by molar-refractivity contribution is 5.48. The van der Waals surface area contributed by atoms with Crippen LogP contribution < -0.4 is 10.1 Å². The largest absolute Gasteiger partial charge is 0.494 e. The smallest absolute Gasteiger partial charge is 0.146 e. The molecule has 0 radical (unpaired) electrons. The molecule has 0 fully saturated rings. The molecule has 0 atom stereocenters. The monoisotopic (exact) mass is 260 g/mol. The lowest BCUT2D eigenvalue weighted by atomic mass is 10.3. The first-order chi connectivity index (χ1) is 9.33. The van der Waals surface area contributed by atoms with Crippen LogP contribution in [0.4, 0.5) is 5.69 Å². The van der Waals surface area contributed by atoms with Crippen molar-refractivity contribution in [1.29, 1.82) is 0 Å². The topological polar surface area (TPSA) is 52.0 Å². The summed E-state index contributed by atoms with van der Waals surface area (Å²) in [5, 5.41) is 7.55. The Labute approximate surface area is 113 Å². The van der Waals surface area contributed by atoms with Gasteiger partial charge in [0, 0.05) is 18.3 Å². The van der Waals surface area contributed by atoms with Crippen molar-refractivity contribution < 1.29 is 4.74 Å². The molecule has 0 spiro atoms. The molecule has 0 saturated carbocycles. The normalized spacial score (nSPS) is 10.4. The molecule has 0 amide bonds. The molecule has 0 aliphatic rings. The van der Waals surface area contributed by atoms with E-state index >= 15 is 0 Å². The highest BCUT2D eigenvalue weighted by atomic mass is 16.5. The molecule has 5 nitrogen and oxygen atoms in total. The molecule has 1 aromatic carbocycles. The predicted molar refractivity (Wildman–Crippen MR) is 75.3 cm³/mol. The fraction of sp³-hybridized carbons (Fsp3) is 0.429. The van der Waals surface area contributed by atoms with Gasteiger partial charge in [0.15, 0.2) is 0 Å². The summed E-state index contributed by atoms with van der Waals surface area (Å²) in [4.78, 5) is 4.27. The van der Waals surface area contributed by atoms with Crippen molar-refractivity contribution in [3.8, 4) is 5.75 Å². The molecule has 2 rings (SSSR count). The van der Waals surface area contributed by atoms with Crippen LogP contribution in [0.2, 0.25) is 0 Å². The Hall–Kier alpha value is -2.04. The van der Waals surface area contributed by atoms with Gasteiger partial charge in [0.2, 0.25) is 0 Å². The minimum atomic E-state index is 0.662. The Morgan fingerprint density at radius 3 is 3.00 bits per heavy atom. The molecular weight excluding hydrogens is 240 g/mol. The van der Waals surface area contributed by atoms with E-state index in [1.165, 1.54) is 0 Å². The summed E-state index contributed by atoms with van der Waals surface area (Å²) in [5.41, 5.74) is 1.02. The summed E-state index contributed by atoms with van der Waals surface area (Å²) < 4.78 is 7.40. The second kappa shape index (κ2) is 6.78. The first-order valence-corrected chi connectivity index (χ1v) is 6.67. The number of nitrogens with zero attached hydrogens (tertiary/aromatic N) is 3. The molecule has 102 valence electrons. The van der Waals surface area contributed by atoms with Crippen molar-refractivity contribution in [3.63, 3.8) is 0 Å². The maximum Gasteiger partial charge on any atom is 0.146 e. The number of anilines is 1. The lowest BCUT2D eigenvalue weighted by Gasteiger charge is -2.09. The quantitative estimate of drug-likeness (QED) is 0.831. The van der Waals surface area contributed by atoms with Crippen molar-refractivity contribution in [2.24, 2.45) is 0 Å². The number of hydrogen-bond donors (Lipinski definition) is 1. The third-order valence-electron chi connectivity index (χ3n) is 2.73. The van der Waals surface area contributed by atoms with Gasteiger partial charge in [-0.3, -0.25) is 0 Å². The van der Waals surface area contributed by atoms with Crippen molar-refractivity contribution in [3.05, 3.63) is 36.4 Å². The van der Waals surface area contributed by atoms with E-state index in [0.717, 1.165) is 30.2 Å². The molecule has 5 heteroatoms. The number of rotatable bonds is 7. The Kier molecular flexibility index (Phi) is 4.78. The molecule has 0 aliphatic heterocycles. The Morgan fingerprint density at radius 1 is 1.32 bits per heavy atom. The summed E-state index contributed by atoms with van der Waals surface area (Å²) in [7, 11) is 0. The van der Waals surface area contributed by atoms with E-state index in [0.29, 0.717) is 13.2 Å². The third kappa shape index (κ3) is 3.71. The van der Waals surface area contributed by atoms with Crippen LogP contribution in [-0.2, 0) is 13.1 Å². The number of ether oxygens (including phenoxy) is 1. The number of benzene rings is 1. The van der Waals surface area contributed by atoms with Crippen LogP contribution in [0.3, 0.4) is 0 Å². The van der Waals surface area contributed by atoms with Crippen molar-refractivity contribution in [2.45, 2.75) is 33.4 Å². The van der Waals surface area contributed by atoms with Gasteiger partial charge in [-0.15, -0.1) is 0 Å². The molecule has 0 unspecified atom stereocenters. The van der Waals surface area contributed by atoms with Gasteiger partial charge in [0.25, 0.3) is 0 Å². The van der Waals surface area contributed by atoms with E-state index in [9.17, 15) is 0 Å². The SMILES string of the molecule is CCCn1ncnc1CNc1cccc(OCC)c1. The molecule has 19 heavy (non-hydrogen) atoms. The second-order valence-electron chi connectivity index (χ2n) is 4.21. The number of aromatic nitrogens is 3. The van der Waals surface area contributed by atoms with Crippen LogP contribution in [0.1, 0.15) is 26.1 Å². The van der Waals surface area contributed by atoms with Gasteiger partial charge in [-0.2, -0.15) is 5.10 Å². The summed E-state index contributed by atoms with van der Waals surface area (Å²) in [6.45, 7) is 6.34. The summed E-state index contributed by atoms with van der Waals surface area (Å²) in [6, 6.07) is 7.94. The van der Waals surface area contributed by atoms with Crippen molar-refractivity contribution >= 4 is 5.69 Å². The fourth-order valence-corrected chi connectivity index (χ4v) is 1.87. The minimum Gasteiger partial charge on any atom is -0.494 e. The van der Waals surface area contributed by atoms with Crippen LogP contribution in [0.5, 0.6) is 5.75 Å². The van der Waals surface area contributed by atoms with Crippen molar-refractivity contribution in [1.82, 2.24) is 14.8 Å². The first kappa shape index (κ1) is 13.4. The molecule has 0 bridgehead atoms. The van der Waals surface area contributed by atoms with Gasteiger partial charge in [0.05, 0.1) is 13.2 Å². The van der Waals surface area contributed by atoms with E-state index in [-0.39, 0.29) is 0 Å². The van der Waals surface area contributed by atoms with Crippen LogP contribution >= 0.6 is 0 Å². The molecule has 1 N–H and O–H groups in total. The van der Waals surface area contributed by atoms with Crippen molar-refractivity contribution in [2.75, 3.05) is 11.9 Å². The summed E-state index contributed by atoms with van der Waals surface area (Å²) in [5.74, 6) is 1.83. The van der Waals surface area contributed by atoms with E-state index in [1.54, 1.807) is 6.33 Å². The van der Waals surface area contributed by atoms with Crippen LogP contribution in [0.15, 0.2) is 30.6 Å². The zero-order chi connectivity index (χ0) is 13.5. The van der Waals surface area contributed by atoms with Gasteiger partial charge < -0.3 is 10.1 Å². The van der Waals surface area contributed by atoms with Gasteiger partial charge >= 0.3 is 0 Å². The number of aryl methyl sites for hydroxylation is 1. The van der Waals surface area contributed by atoms with Gasteiger partial charge in [0.1, 0.15) is 17.9 Å². The maximum absolute atomic E-state index is 5.47. The molecule has 0 saturated heterocycles. The minimum absolute atomic E-state index is 0.662. The lowest BCUT2D eigenvalue weighted by molar-refractivity contribution is 0.340. The van der Waals surface area contributed by atoms with E-state index in [2.05, 4.69) is 22.3 Å². The standard InChI is InChI=1S/C14H20N4O/c1-3-8-18-14(16-11-17-18)10-15-12-6-5-7-13(9-12)19-4-2/h5-7,9,11,15H,3-4,8,10H2,1-2H3. The lowest BCUT2D eigenvalue weighted by Crippen LogP contribution is -2.10. The average molecular weight is 260 g/mol. The molecule has 0 aliphatic carbocycles. The Bertz CT molecular complexity index is 510. The molecule has 2 aromatic rings. The highest BCUT2D eigenvalue weighted by Crippen LogP contribution is 2.17. The Morgan fingerprint density at radius 2 is 2.21 bits per heavy atom. The van der Waals surface area contributed by atoms with Crippen LogP contribution in [0, 0.1) is 0 Å². The van der Waals surface area contributed by atoms with E-state index in [1.807, 2.05) is 35.9 Å². The van der Waals surface area contributed by atoms with Gasteiger partial charge in [-0.1, -0.05) is 13.0 Å². The molecular formula is C14H20N4O. The van der Waals surface area contributed by atoms with E-state index in [4.69, 9.17) is 4.74 Å². The second-order valence-corrected chi connectivity index (χ2v) is 4.21. The first-order valence-electron chi connectivity index (χ1n) is 6.67. The number of hydrogen-bond acceptors (Lipinski definition) is 4. The predicted octanol–water partition coefficient (Wildman–Crippen LogP) is 2.70. The average Bonchev–Trinajstić information content (AvgIpc) is 2.85. The number of nitrogens with one attached hydrogen (secondary N) is 1. The third-order valence-corrected chi connectivity index (χ3v) is 2.73. The molecule has 1 aromatic heterocycles. The maximum atomic E-state index is 5.47.